The number of benzene rings is 1. The molecule has 2 fully saturated rings. The molecule has 2 aliphatic rings. The molecular weight excluding hydrogens is 306 g/mol. The molecule has 1 N–H and O–H groups in total. The summed E-state index contributed by atoms with van der Waals surface area (Å²) in [7, 11) is 1.46. The second-order valence-corrected chi connectivity index (χ2v) is 6.57. The lowest BCUT2D eigenvalue weighted by atomic mass is 9.88. The lowest BCUT2D eigenvalue weighted by Crippen LogP contribution is -2.46. The van der Waals surface area contributed by atoms with Crippen molar-refractivity contribution in [3.8, 4) is 0 Å². The molecule has 1 aromatic rings. The molecule has 0 unspecified atom stereocenters. The van der Waals surface area contributed by atoms with Gasteiger partial charge in [0.05, 0.1) is 25.9 Å². The summed E-state index contributed by atoms with van der Waals surface area (Å²) in [6, 6.07) is 10.3. The minimum atomic E-state index is -0.200. The van der Waals surface area contributed by atoms with Gasteiger partial charge in [0.1, 0.15) is 5.92 Å². The molecule has 3 rings (SSSR count). The zero-order valence-corrected chi connectivity index (χ0v) is 14.3. The SMILES string of the molecule is COC(=O)[C@@H]([C@H]1O[C@@H]1CCOCc1ccccc1)[C@H]1CCCCN1. The van der Waals surface area contributed by atoms with Crippen molar-refractivity contribution in [3.05, 3.63) is 35.9 Å². The third kappa shape index (κ3) is 4.56. The zero-order chi connectivity index (χ0) is 16.8. The van der Waals surface area contributed by atoms with E-state index in [1.807, 2.05) is 18.2 Å². The number of nitrogens with one attached hydrogen (secondary N) is 1. The number of carbonyl (C=O) groups excluding carboxylic acids is 1. The first-order valence-electron chi connectivity index (χ1n) is 8.88. The Balaban J connectivity index is 1.42. The number of ether oxygens (including phenoxy) is 3. The van der Waals surface area contributed by atoms with Crippen LogP contribution >= 0.6 is 0 Å². The van der Waals surface area contributed by atoms with Crippen LogP contribution in [0.1, 0.15) is 31.2 Å². The third-order valence-electron chi connectivity index (χ3n) is 4.89. The zero-order valence-electron chi connectivity index (χ0n) is 14.3. The molecule has 2 aliphatic heterocycles. The molecule has 24 heavy (non-hydrogen) atoms. The molecule has 0 saturated carbocycles. The van der Waals surface area contributed by atoms with E-state index < -0.39 is 0 Å². The van der Waals surface area contributed by atoms with Crippen molar-refractivity contribution >= 4 is 5.97 Å². The van der Waals surface area contributed by atoms with E-state index in [0.29, 0.717) is 13.2 Å². The maximum Gasteiger partial charge on any atom is 0.313 e. The summed E-state index contributed by atoms with van der Waals surface area (Å²) < 4.78 is 16.5. The van der Waals surface area contributed by atoms with Crippen LogP contribution in [0.4, 0.5) is 0 Å². The summed E-state index contributed by atoms with van der Waals surface area (Å²) in [4.78, 5) is 12.2. The predicted molar refractivity (Wildman–Crippen MR) is 90.5 cm³/mol. The summed E-state index contributed by atoms with van der Waals surface area (Å²) in [5.41, 5.74) is 1.17. The van der Waals surface area contributed by atoms with Gasteiger partial charge in [-0.2, -0.15) is 0 Å². The number of hydrogen-bond donors (Lipinski definition) is 1. The first kappa shape index (κ1) is 17.4. The van der Waals surface area contributed by atoms with E-state index in [4.69, 9.17) is 14.2 Å². The fourth-order valence-electron chi connectivity index (χ4n) is 3.52. The van der Waals surface area contributed by atoms with Crippen LogP contribution in [0.2, 0.25) is 0 Å². The number of hydrogen-bond acceptors (Lipinski definition) is 5. The quantitative estimate of drug-likeness (QED) is 0.449. The molecule has 132 valence electrons. The van der Waals surface area contributed by atoms with Crippen molar-refractivity contribution < 1.29 is 19.0 Å². The Morgan fingerprint density at radius 1 is 1.33 bits per heavy atom. The van der Waals surface area contributed by atoms with Gasteiger partial charge >= 0.3 is 5.97 Å². The van der Waals surface area contributed by atoms with Crippen LogP contribution in [0, 0.1) is 5.92 Å². The molecule has 2 heterocycles. The van der Waals surface area contributed by atoms with E-state index >= 15 is 0 Å². The van der Waals surface area contributed by atoms with Crippen molar-refractivity contribution in [2.75, 3.05) is 20.3 Å². The highest BCUT2D eigenvalue weighted by atomic mass is 16.6. The molecule has 0 bridgehead atoms. The van der Waals surface area contributed by atoms with Gasteiger partial charge in [0, 0.05) is 12.6 Å². The first-order chi connectivity index (χ1) is 11.8. The fraction of sp³-hybridized carbons (Fsp3) is 0.632. The highest BCUT2D eigenvalue weighted by Crippen LogP contribution is 2.36. The first-order valence-corrected chi connectivity index (χ1v) is 8.88. The van der Waals surface area contributed by atoms with Crippen LogP contribution in [0.5, 0.6) is 0 Å². The molecule has 0 radical (unpaired) electrons. The van der Waals surface area contributed by atoms with E-state index in [-0.39, 0.29) is 30.1 Å². The Labute approximate surface area is 143 Å². The van der Waals surface area contributed by atoms with Crippen LogP contribution in [0.25, 0.3) is 0 Å². The van der Waals surface area contributed by atoms with Crippen molar-refractivity contribution in [3.63, 3.8) is 0 Å². The molecule has 0 aromatic heterocycles. The normalized spacial score (nSPS) is 27.5. The molecule has 0 amide bonds. The number of rotatable bonds is 8. The summed E-state index contributed by atoms with van der Waals surface area (Å²) >= 11 is 0. The fourth-order valence-corrected chi connectivity index (χ4v) is 3.52. The number of carbonyl (C=O) groups is 1. The molecular formula is C19H27NO4. The molecule has 0 spiro atoms. The Morgan fingerprint density at radius 3 is 2.88 bits per heavy atom. The summed E-state index contributed by atoms with van der Waals surface area (Å²) in [6.07, 6.45) is 4.23. The standard InChI is InChI=1S/C19H27NO4/c1-22-19(21)17(15-9-5-6-11-20-15)18-16(24-18)10-12-23-13-14-7-3-2-4-8-14/h2-4,7-8,15-18,20H,5-6,9-13H2,1H3/t15-,16-,17-,18+/m1/s1. The van der Waals surface area contributed by atoms with Gasteiger partial charge in [-0.15, -0.1) is 0 Å². The summed E-state index contributed by atoms with van der Waals surface area (Å²) in [6.45, 7) is 2.22. The monoisotopic (exact) mass is 333 g/mol. The molecule has 5 heteroatoms. The van der Waals surface area contributed by atoms with Crippen LogP contribution in [-0.4, -0.2) is 44.5 Å². The van der Waals surface area contributed by atoms with Crippen molar-refractivity contribution in [1.82, 2.24) is 5.32 Å². The Kier molecular flexibility index (Phi) is 6.24. The smallest absolute Gasteiger partial charge is 0.313 e. The van der Waals surface area contributed by atoms with Gasteiger partial charge in [-0.25, -0.2) is 0 Å². The van der Waals surface area contributed by atoms with Gasteiger partial charge in [0.25, 0.3) is 0 Å². The van der Waals surface area contributed by atoms with Gasteiger partial charge in [-0.1, -0.05) is 36.8 Å². The molecule has 2 saturated heterocycles. The summed E-state index contributed by atoms with van der Waals surface area (Å²) in [5.74, 6) is -0.360. The van der Waals surface area contributed by atoms with Crippen molar-refractivity contribution in [1.29, 1.82) is 0 Å². The highest BCUT2D eigenvalue weighted by Gasteiger charge is 2.51. The van der Waals surface area contributed by atoms with Gasteiger partial charge in [0.2, 0.25) is 0 Å². The minimum absolute atomic E-state index is 0.0339. The highest BCUT2D eigenvalue weighted by molar-refractivity contribution is 5.74. The maximum atomic E-state index is 12.2. The number of epoxide rings is 1. The average Bonchev–Trinajstić information content (AvgIpc) is 3.39. The number of methoxy groups -OCH3 is 1. The molecule has 1 aromatic carbocycles. The molecule has 5 nitrogen and oxygen atoms in total. The summed E-state index contributed by atoms with van der Waals surface area (Å²) in [5, 5.41) is 3.45. The van der Waals surface area contributed by atoms with Crippen molar-refractivity contribution in [2.24, 2.45) is 5.92 Å². The van der Waals surface area contributed by atoms with E-state index in [2.05, 4.69) is 17.4 Å². The topological polar surface area (TPSA) is 60.1 Å². The predicted octanol–water partition coefficient (Wildman–Crippen LogP) is 2.29. The van der Waals surface area contributed by atoms with Gasteiger partial charge in [-0.3, -0.25) is 4.79 Å². The molecule has 0 aliphatic carbocycles. The lowest BCUT2D eigenvalue weighted by Gasteiger charge is -2.28. The van der Waals surface area contributed by atoms with Crippen LogP contribution in [0.15, 0.2) is 30.3 Å². The van der Waals surface area contributed by atoms with Crippen molar-refractivity contribution in [2.45, 2.75) is 50.5 Å². The Morgan fingerprint density at radius 2 is 2.17 bits per heavy atom. The van der Waals surface area contributed by atoms with Gasteiger partial charge in [-0.05, 0) is 31.4 Å². The number of piperidine rings is 1. The van der Waals surface area contributed by atoms with Gasteiger partial charge < -0.3 is 19.5 Å². The average molecular weight is 333 g/mol. The van der Waals surface area contributed by atoms with E-state index in [1.54, 1.807) is 0 Å². The lowest BCUT2D eigenvalue weighted by molar-refractivity contribution is -0.147. The largest absolute Gasteiger partial charge is 0.469 e. The Hall–Kier alpha value is -1.43. The Bertz CT molecular complexity index is 515. The third-order valence-corrected chi connectivity index (χ3v) is 4.89. The van der Waals surface area contributed by atoms with E-state index in [9.17, 15) is 4.79 Å². The minimum Gasteiger partial charge on any atom is -0.469 e. The van der Waals surface area contributed by atoms with Crippen LogP contribution in [-0.2, 0) is 25.6 Å². The molecule has 4 atom stereocenters. The van der Waals surface area contributed by atoms with Crippen LogP contribution in [0.3, 0.4) is 0 Å². The van der Waals surface area contributed by atoms with E-state index in [0.717, 1.165) is 25.8 Å². The number of esters is 1. The second-order valence-electron chi connectivity index (χ2n) is 6.57. The van der Waals surface area contributed by atoms with Crippen LogP contribution < -0.4 is 5.32 Å². The maximum absolute atomic E-state index is 12.2. The van der Waals surface area contributed by atoms with E-state index in [1.165, 1.54) is 19.1 Å². The second kappa shape index (κ2) is 8.60. The van der Waals surface area contributed by atoms with Gasteiger partial charge in [0.15, 0.2) is 0 Å².